The van der Waals surface area contributed by atoms with E-state index in [4.69, 9.17) is 0 Å². The van der Waals surface area contributed by atoms with Crippen molar-refractivity contribution in [2.75, 3.05) is 19.6 Å². The Balaban J connectivity index is 2.05. The third kappa shape index (κ3) is 4.43. The molecule has 1 saturated heterocycles. The van der Waals surface area contributed by atoms with Crippen molar-refractivity contribution in [3.05, 3.63) is 19.9 Å². The lowest BCUT2D eigenvalue weighted by Gasteiger charge is -2.27. The molecule has 2 heterocycles. The number of nitrogens with zero attached hydrogens (tertiary/aromatic N) is 1. The fraction of sp³-hybridized carbons (Fsp3) is 0.643. The van der Waals surface area contributed by atoms with Gasteiger partial charge in [0.15, 0.2) is 0 Å². The molecule has 5 heteroatoms. The molecule has 1 aromatic rings. The topological polar surface area (TPSA) is 32.3 Å². The summed E-state index contributed by atoms with van der Waals surface area (Å²) in [6.45, 7) is 7.09. The zero-order chi connectivity index (χ0) is 13.8. The highest BCUT2D eigenvalue weighted by Gasteiger charge is 2.23. The molecule has 0 aromatic carbocycles. The maximum atomic E-state index is 12.6. The standard InChI is InChI=1S/C14H21IN2OS/c1-10(2)7-17(8-12-4-3-5-16-12)14(18)11-6-13(15)19-9-11/h6,9-10,12,16H,3-5,7-8H2,1-2H3. The Kier molecular flexibility index (Phi) is 5.65. The predicted molar refractivity (Wildman–Crippen MR) is 88.8 cm³/mol. The molecule has 1 fully saturated rings. The fourth-order valence-electron chi connectivity index (χ4n) is 2.46. The Bertz CT molecular complexity index is 427. The number of halogens is 1. The van der Waals surface area contributed by atoms with Crippen molar-refractivity contribution in [3.8, 4) is 0 Å². The summed E-state index contributed by atoms with van der Waals surface area (Å²) in [5, 5.41) is 5.45. The molecule has 0 bridgehead atoms. The average molecular weight is 392 g/mol. The van der Waals surface area contributed by atoms with Gasteiger partial charge >= 0.3 is 0 Å². The highest BCUT2D eigenvalue weighted by Crippen LogP contribution is 2.19. The van der Waals surface area contributed by atoms with Gasteiger partial charge in [-0.25, -0.2) is 0 Å². The van der Waals surface area contributed by atoms with E-state index >= 15 is 0 Å². The van der Waals surface area contributed by atoms with Crippen molar-refractivity contribution < 1.29 is 4.79 Å². The van der Waals surface area contributed by atoms with Crippen LogP contribution < -0.4 is 5.32 Å². The van der Waals surface area contributed by atoms with Crippen LogP contribution in [-0.2, 0) is 0 Å². The molecule has 19 heavy (non-hydrogen) atoms. The molecule has 2 rings (SSSR count). The molecule has 1 unspecified atom stereocenters. The molecule has 1 N–H and O–H groups in total. The van der Waals surface area contributed by atoms with Crippen LogP contribution in [0.2, 0.25) is 0 Å². The highest BCUT2D eigenvalue weighted by atomic mass is 127. The zero-order valence-electron chi connectivity index (χ0n) is 11.5. The molecule has 1 atom stereocenters. The lowest BCUT2D eigenvalue weighted by atomic mass is 10.1. The summed E-state index contributed by atoms with van der Waals surface area (Å²) in [4.78, 5) is 14.6. The van der Waals surface area contributed by atoms with Crippen LogP contribution in [0.4, 0.5) is 0 Å². The maximum absolute atomic E-state index is 12.6. The summed E-state index contributed by atoms with van der Waals surface area (Å²) in [7, 11) is 0. The van der Waals surface area contributed by atoms with Crippen LogP contribution in [0.25, 0.3) is 0 Å². The normalized spacial score (nSPS) is 19.1. The van der Waals surface area contributed by atoms with Crippen molar-refractivity contribution in [1.29, 1.82) is 0 Å². The van der Waals surface area contributed by atoms with Crippen LogP contribution in [0.3, 0.4) is 0 Å². The number of hydrogen-bond donors (Lipinski definition) is 1. The van der Waals surface area contributed by atoms with E-state index in [1.54, 1.807) is 11.3 Å². The lowest BCUT2D eigenvalue weighted by molar-refractivity contribution is 0.0722. The first-order chi connectivity index (χ1) is 9.06. The molecular weight excluding hydrogens is 371 g/mol. The van der Waals surface area contributed by atoms with Gasteiger partial charge in [-0.05, 0) is 54.0 Å². The van der Waals surface area contributed by atoms with E-state index in [1.807, 2.05) is 16.3 Å². The molecule has 0 radical (unpaired) electrons. The van der Waals surface area contributed by atoms with E-state index in [9.17, 15) is 4.79 Å². The summed E-state index contributed by atoms with van der Waals surface area (Å²) >= 11 is 3.90. The molecule has 3 nitrogen and oxygen atoms in total. The number of amides is 1. The minimum Gasteiger partial charge on any atom is -0.337 e. The first-order valence-electron chi connectivity index (χ1n) is 6.83. The van der Waals surface area contributed by atoms with E-state index in [2.05, 4.69) is 41.8 Å². The van der Waals surface area contributed by atoms with E-state index in [1.165, 1.54) is 15.7 Å². The van der Waals surface area contributed by atoms with Crippen molar-refractivity contribution in [2.24, 2.45) is 5.92 Å². The number of rotatable bonds is 5. The van der Waals surface area contributed by atoms with Gasteiger partial charge in [-0.3, -0.25) is 4.79 Å². The number of thiophene rings is 1. The Morgan fingerprint density at radius 2 is 2.42 bits per heavy atom. The minimum absolute atomic E-state index is 0.182. The van der Waals surface area contributed by atoms with Gasteiger partial charge in [0.2, 0.25) is 0 Å². The molecule has 1 aromatic heterocycles. The number of nitrogens with one attached hydrogen (secondary N) is 1. The zero-order valence-corrected chi connectivity index (χ0v) is 14.5. The summed E-state index contributed by atoms with van der Waals surface area (Å²) in [5.74, 6) is 0.685. The van der Waals surface area contributed by atoms with Crippen LogP contribution in [0.5, 0.6) is 0 Å². The summed E-state index contributed by atoms with van der Waals surface area (Å²) < 4.78 is 1.17. The van der Waals surface area contributed by atoms with Crippen LogP contribution in [0.1, 0.15) is 37.0 Å². The Morgan fingerprint density at radius 3 is 2.95 bits per heavy atom. The molecule has 0 saturated carbocycles. The van der Waals surface area contributed by atoms with E-state index in [0.29, 0.717) is 12.0 Å². The number of carbonyl (C=O) groups is 1. The van der Waals surface area contributed by atoms with E-state index in [0.717, 1.165) is 25.2 Å². The van der Waals surface area contributed by atoms with Gasteiger partial charge in [-0.15, -0.1) is 11.3 Å². The minimum atomic E-state index is 0.182. The Labute approximate surface area is 132 Å². The maximum Gasteiger partial charge on any atom is 0.254 e. The Morgan fingerprint density at radius 1 is 1.63 bits per heavy atom. The monoisotopic (exact) mass is 392 g/mol. The summed E-state index contributed by atoms with van der Waals surface area (Å²) in [6, 6.07) is 2.46. The van der Waals surface area contributed by atoms with Gasteiger partial charge in [-0.2, -0.15) is 0 Å². The van der Waals surface area contributed by atoms with Gasteiger partial charge in [0, 0.05) is 24.5 Å². The molecule has 1 aliphatic heterocycles. The van der Waals surface area contributed by atoms with Crippen LogP contribution in [0.15, 0.2) is 11.4 Å². The second kappa shape index (κ2) is 7.04. The van der Waals surface area contributed by atoms with Gasteiger partial charge in [-0.1, -0.05) is 13.8 Å². The van der Waals surface area contributed by atoms with Crippen LogP contribution >= 0.6 is 33.9 Å². The van der Waals surface area contributed by atoms with Crippen LogP contribution in [0, 0.1) is 8.80 Å². The highest BCUT2D eigenvalue weighted by molar-refractivity contribution is 14.1. The van der Waals surface area contributed by atoms with Crippen LogP contribution in [-0.4, -0.2) is 36.5 Å². The SMILES string of the molecule is CC(C)CN(CC1CCCN1)C(=O)c1csc(I)c1. The van der Waals surface area contributed by atoms with Crippen molar-refractivity contribution in [1.82, 2.24) is 10.2 Å². The van der Waals surface area contributed by atoms with Crippen molar-refractivity contribution in [3.63, 3.8) is 0 Å². The Hall–Kier alpha value is -0.140. The molecule has 0 spiro atoms. The van der Waals surface area contributed by atoms with Gasteiger partial charge in [0.05, 0.1) is 8.45 Å². The summed E-state index contributed by atoms with van der Waals surface area (Å²) in [6.07, 6.45) is 2.41. The first-order valence-corrected chi connectivity index (χ1v) is 8.79. The smallest absolute Gasteiger partial charge is 0.254 e. The molecule has 1 aliphatic rings. The van der Waals surface area contributed by atoms with Gasteiger partial charge < -0.3 is 10.2 Å². The van der Waals surface area contributed by atoms with Crippen molar-refractivity contribution in [2.45, 2.75) is 32.7 Å². The first kappa shape index (κ1) is 15.3. The fourth-order valence-corrected chi connectivity index (χ4v) is 3.78. The number of hydrogen-bond acceptors (Lipinski definition) is 3. The van der Waals surface area contributed by atoms with Gasteiger partial charge in [0.1, 0.15) is 0 Å². The van der Waals surface area contributed by atoms with E-state index in [-0.39, 0.29) is 5.91 Å². The quantitative estimate of drug-likeness (QED) is 0.781. The molecular formula is C14H21IN2OS. The second-order valence-electron chi connectivity index (χ2n) is 5.54. The second-order valence-corrected chi connectivity index (χ2v) is 8.34. The van der Waals surface area contributed by atoms with Gasteiger partial charge in [0.25, 0.3) is 5.91 Å². The third-order valence-corrected chi connectivity index (χ3v) is 5.08. The third-order valence-electron chi connectivity index (χ3n) is 3.29. The predicted octanol–water partition coefficient (Wildman–Crippen LogP) is 3.20. The molecule has 0 aliphatic carbocycles. The summed E-state index contributed by atoms with van der Waals surface area (Å²) in [5.41, 5.74) is 0.841. The lowest BCUT2D eigenvalue weighted by Crippen LogP contribution is -2.42. The molecule has 1 amide bonds. The average Bonchev–Trinajstić information content (AvgIpc) is 2.98. The van der Waals surface area contributed by atoms with Crippen molar-refractivity contribution >= 4 is 39.8 Å². The number of carbonyl (C=O) groups excluding carboxylic acids is 1. The molecule has 106 valence electrons. The largest absolute Gasteiger partial charge is 0.337 e. The van der Waals surface area contributed by atoms with E-state index < -0.39 is 0 Å².